The van der Waals surface area contributed by atoms with Crippen LogP contribution in [0.2, 0.25) is 0 Å². The number of hydrogen-bond donors (Lipinski definition) is 4. The number of aliphatic carboxylic acids is 2. The number of nitrogens with two attached hydrogens (primary N) is 1. The minimum atomic E-state index is -2.57. The lowest BCUT2D eigenvalue weighted by molar-refractivity contribution is -0.153. The lowest BCUT2D eigenvalue weighted by Crippen LogP contribution is -2.60. The van der Waals surface area contributed by atoms with Gasteiger partial charge in [0.05, 0.1) is 6.04 Å². The molecular weight excluding hydrogens is 259 g/mol. The number of carboxylic acids is 2. The Labute approximate surface area is 108 Å². The summed E-state index contributed by atoms with van der Waals surface area (Å²) in [5.41, 5.74) is 0.904. The summed E-state index contributed by atoms with van der Waals surface area (Å²) in [7, 11) is 0. The fourth-order valence-electron chi connectivity index (χ4n) is 3.10. The molecule has 2 saturated carbocycles. The van der Waals surface area contributed by atoms with Crippen LogP contribution in [0.5, 0.6) is 0 Å². The number of nitrogens with one attached hydrogen (secondary N) is 1. The molecule has 5 N–H and O–H groups in total. The first-order valence-corrected chi connectivity index (χ1v) is 5.91. The lowest BCUT2D eigenvalue weighted by Gasteiger charge is -2.30. The van der Waals surface area contributed by atoms with Gasteiger partial charge in [0.1, 0.15) is 5.54 Å². The zero-order chi connectivity index (χ0) is 14.6. The van der Waals surface area contributed by atoms with Crippen LogP contribution in [-0.2, 0) is 14.4 Å². The predicted octanol–water partition coefficient (Wildman–Crippen LogP) is -0.894. The summed E-state index contributed by atoms with van der Waals surface area (Å²) in [4.78, 5) is 33.9. The van der Waals surface area contributed by atoms with Crippen LogP contribution in [0.15, 0.2) is 0 Å². The number of alkyl halides is 1. The molecule has 2 aliphatic carbocycles. The fraction of sp³-hybridized carbons (Fsp3) is 0.727. The summed E-state index contributed by atoms with van der Waals surface area (Å²) in [5.74, 6) is -5.94. The van der Waals surface area contributed by atoms with Gasteiger partial charge in [-0.2, -0.15) is 0 Å². The summed E-state index contributed by atoms with van der Waals surface area (Å²) in [6.45, 7) is 1.37. The van der Waals surface area contributed by atoms with Crippen molar-refractivity contribution in [3.63, 3.8) is 0 Å². The Morgan fingerprint density at radius 3 is 2.32 bits per heavy atom. The SMILES string of the molecule is CC(N)C(=O)NC1(C(=O)O)CCC2C1C2(F)C(=O)O. The summed E-state index contributed by atoms with van der Waals surface area (Å²) in [6.07, 6.45) is 0.119. The molecule has 0 heterocycles. The Balaban J connectivity index is 2.31. The van der Waals surface area contributed by atoms with E-state index in [2.05, 4.69) is 5.32 Å². The standard InChI is InChI=1S/C11H15FN2O5/c1-4(13)7(15)14-10(8(16)17)3-2-5-6(10)11(5,12)9(18)19/h4-6H,2-3,13H2,1H3,(H,14,15)(H,16,17)(H,18,19). The van der Waals surface area contributed by atoms with Crippen molar-refractivity contribution < 1.29 is 29.0 Å². The van der Waals surface area contributed by atoms with Gasteiger partial charge < -0.3 is 21.3 Å². The van der Waals surface area contributed by atoms with Crippen molar-refractivity contribution in [2.75, 3.05) is 0 Å². The van der Waals surface area contributed by atoms with E-state index in [1.54, 1.807) is 0 Å². The third-order valence-corrected chi connectivity index (χ3v) is 4.14. The Hall–Kier alpha value is -1.70. The van der Waals surface area contributed by atoms with Crippen molar-refractivity contribution in [3.05, 3.63) is 0 Å². The highest BCUT2D eigenvalue weighted by atomic mass is 19.1. The van der Waals surface area contributed by atoms with E-state index in [0.29, 0.717) is 0 Å². The first kappa shape index (κ1) is 13.7. The average Bonchev–Trinajstić information content (AvgIpc) is 2.73. The Bertz CT molecular complexity index is 468. The van der Waals surface area contributed by atoms with Crippen molar-refractivity contribution in [1.29, 1.82) is 0 Å². The highest BCUT2D eigenvalue weighted by Gasteiger charge is 2.83. The molecule has 7 nitrogen and oxygen atoms in total. The van der Waals surface area contributed by atoms with E-state index < -0.39 is 46.9 Å². The van der Waals surface area contributed by atoms with Crippen LogP contribution in [0.1, 0.15) is 19.8 Å². The van der Waals surface area contributed by atoms with Crippen molar-refractivity contribution in [3.8, 4) is 0 Å². The van der Waals surface area contributed by atoms with E-state index in [1.807, 2.05) is 0 Å². The molecule has 0 aromatic rings. The van der Waals surface area contributed by atoms with E-state index in [0.717, 1.165) is 0 Å². The lowest BCUT2D eigenvalue weighted by atomic mass is 9.89. The van der Waals surface area contributed by atoms with Crippen molar-refractivity contribution in [2.45, 2.75) is 37.0 Å². The monoisotopic (exact) mass is 274 g/mol. The molecule has 8 heteroatoms. The quantitative estimate of drug-likeness (QED) is 0.526. The van der Waals surface area contributed by atoms with Gasteiger partial charge in [-0.3, -0.25) is 4.79 Å². The number of carboxylic acid groups (broad SMARTS) is 2. The van der Waals surface area contributed by atoms with Crippen LogP contribution in [-0.4, -0.2) is 45.3 Å². The Morgan fingerprint density at radius 1 is 1.37 bits per heavy atom. The first-order valence-electron chi connectivity index (χ1n) is 5.91. The molecule has 0 bridgehead atoms. The van der Waals surface area contributed by atoms with Gasteiger partial charge >= 0.3 is 11.9 Å². The van der Waals surface area contributed by atoms with Gasteiger partial charge in [0.25, 0.3) is 0 Å². The van der Waals surface area contributed by atoms with Crippen LogP contribution >= 0.6 is 0 Å². The minimum absolute atomic E-state index is 0.00900. The zero-order valence-electron chi connectivity index (χ0n) is 10.2. The summed E-state index contributed by atoms with van der Waals surface area (Å²) < 4.78 is 14.2. The van der Waals surface area contributed by atoms with Gasteiger partial charge in [0.15, 0.2) is 0 Å². The van der Waals surface area contributed by atoms with Crippen LogP contribution in [0, 0.1) is 11.8 Å². The molecule has 0 radical (unpaired) electrons. The number of hydrogen-bond acceptors (Lipinski definition) is 4. The molecule has 0 aromatic heterocycles. The molecular formula is C11H15FN2O5. The second-order valence-corrected chi connectivity index (χ2v) is 5.25. The highest BCUT2D eigenvalue weighted by Crippen LogP contribution is 2.67. The Morgan fingerprint density at radius 2 is 1.95 bits per heavy atom. The third-order valence-electron chi connectivity index (χ3n) is 4.14. The van der Waals surface area contributed by atoms with Crippen LogP contribution in [0.4, 0.5) is 4.39 Å². The zero-order valence-corrected chi connectivity index (χ0v) is 10.2. The topological polar surface area (TPSA) is 130 Å². The molecule has 0 saturated heterocycles. The van der Waals surface area contributed by atoms with Gasteiger partial charge in [0, 0.05) is 11.8 Å². The van der Waals surface area contributed by atoms with Gasteiger partial charge in [-0.1, -0.05) is 0 Å². The largest absolute Gasteiger partial charge is 0.479 e. The maximum Gasteiger partial charge on any atom is 0.342 e. The van der Waals surface area contributed by atoms with Crippen LogP contribution < -0.4 is 11.1 Å². The van der Waals surface area contributed by atoms with Crippen LogP contribution in [0.3, 0.4) is 0 Å². The summed E-state index contributed by atoms with van der Waals surface area (Å²) in [6, 6.07) is -0.951. The molecule has 2 aliphatic rings. The van der Waals surface area contributed by atoms with E-state index in [9.17, 15) is 23.9 Å². The molecule has 1 amide bonds. The van der Waals surface area contributed by atoms with Gasteiger partial charge in [-0.15, -0.1) is 0 Å². The van der Waals surface area contributed by atoms with E-state index in [-0.39, 0.29) is 12.8 Å². The molecule has 0 aliphatic heterocycles. The molecule has 2 rings (SSSR count). The predicted molar refractivity (Wildman–Crippen MR) is 59.8 cm³/mol. The second-order valence-electron chi connectivity index (χ2n) is 5.25. The number of amides is 1. The number of carbonyl (C=O) groups excluding carboxylic acids is 1. The average molecular weight is 274 g/mol. The van der Waals surface area contributed by atoms with Gasteiger partial charge in [-0.25, -0.2) is 14.0 Å². The minimum Gasteiger partial charge on any atom is -0.479 e. The number of halogens is 1. The summed E-state index contributed by atoms with van der Waals surface area (Å²) in [5, 5.41) is 20.4. The molecule has 2 fully saturated rings. The molecule has 19 heavy (non-hydrogen) atoms. The normalized spacial score (nSPS) is 41.2. The van der Waals surface area contributed by atoms with Crippen molar-refractivity contribution >= 4 is 17.8 Å². The molecule has 0 spiro atoms. The maximum atomic E-state index is 14.2. The smallest absolute Gasteiger partial charge is 0.342 e. The van der Waals surface area contributed by atoms with Crippen molar-refractivity contribution in [1.82, 2.24) is 5.32 Å². The molecule has 0 aromatic carbocycles. The maximum absolute atomic E-state index is 14.2. The first-order chi connectivity index (χ1) is 8.68. The number of rotatable bonds is 4. The number of carbonyl (C=O) groups is 3. The van der Waals surface area contributed by atoms with E-state index in [1.165, 1.54) is 6.92 Å². The third kappa shape index (κ3) is 1.62. The Kier molecular flexibility index (Phi) is 2.81. The van der Waals surface area contributed by atoms with Crippen molar-refractivity contribution in [2.24, 2.45) is 17.6 Å². The molecule has 5 unspecified atom stereocenters. The number of fused-ring (bicyclic) bond motifs is 1. The fourth-order valence-corrected chi connectivity index (χ4v) is 3.10. The summed E-state index contributed by atoms with van der Waals surface area (Å²) >= 11 is 0. The second kappa shape index (κ2) is 3.89. The van der Waals surface area contributed by atoms with E-state index in [4.69, 9.17) is 10.8 Å². The molecule has 106 valence electrons. The highest BCUT2D eigenvalue weighted by molar-refractivity contribution is 5.94. The van der Waals surface area contributed by atoms with Gasteiger partial charge in [-0.05, 0) is 19.8 Å². The van der Waals surface area contributed by atoms with Gasteiger partial charge in [0.2, 0.25) is 11.6 Å². The van der Waals surface area contributed by atoms with E-state index >= 15 is 0 Å². The molecule has 5 atom stereocenters. The van der Waals surface area contributed by atoms with Crippen LogP contribution in [0.25, 0.3) is 0 Å².